The quantitative estimate of drug-likeness (QED) is 0.0149. The first kappa shape index (κ1) is 65.9. The van der Waals surface area contributed by atoms with Gasteiger partial charge < -0.3 is 45.1 Å². The van der Waals surface area contributed by atoms with Crippen molar-refractivity contribution in [3.05, 3.63) is 85.1 Å². The number of nitrogens with one attached hydrogen (secondary N) is 1. The fourth-order valence-electron chi connectivity index (χ4n) is 8.36. The molecule has 0 saturated carbocycles. The van der Waals surface area contributed by atoms with Crippen LogP contribution in [0.3, 0.4) is 0 Å². The minimum Gasteiger partial charge on any atom is -0.454 e. The van der Waals surface area contributed by atoms with Gasteiger partial charge in [0, 0.05) is 6.42 Å². The Labute approximate surface area is 432 Å². The molecule has 1 fully saturated rings. The van der Waals surface area contributed by atoms with Crippen molar-refractivity contribution in [2.45, 2.75) is 269 Å². The number of aliphatic hydroxyl groups excluding tert-OH is 5. The van der Waals surface area contributed by atoms with Gasteiger partial charge in [0.05, 0.1) is 25.4 Å². The monoisotopic (exact) mass is 998 g/mol. The van der Waals surface area contributed by atoms with Crippen molar-refractivity contribution >= 4 is 11.9 Å². The molecule has 408 valence electrons. The maximum absolute atomic E-state index is 13.4. The number of unbranched alkanes of at least 4 members (excludes halogenated alkanes) is 24. The minimum absolute atomic E-state index is 0.103. The van der Waals surface area contributed by atoms with Crippen molar-refractivity contribution in [3.8, 4) is 0 Å². The van der Waals surface area contributed by atoms with Crippen molar-refractivity contribution in [2.75, 3.05) is 13.2 Å². The molecule has 1 rings (SSSR count). The lowest BCUT2D eigenvalue weighted by molar-refractivity contribution is -0.305. The Balaban J connectivity index is 2.78. The van der Waals surface area contributed by atoms with E-state index in [1.807, 2.05) is 42.5 Å². The lowest BCUT2D eigenvalue weighted by Gasteiger charge is -2.41. The summed E-state index contributed by atoms with van der Waals surface area (Å²) in [6, 6.07) is -1.04. The molecule has 0 aromatic heterocycles. The number of allylic oxidation sites excluding steroid dienone is 13. The number of ether oxygens (including phenoxy) is 3. The van der Waals surface area contributed by atoms with Crippen molar-refractivity contribution in [2.24, 2.45) is 0 Å². The van der Waals surface area contributed by atoms with Gasteiger partial charge in [-0.25, -0.2) is 0 Å². The summed E-state index contributed by atoms with van der Waals surface area (Å²) in [5, 5.41) is 56.8. The van der Waals surface area contributed by atoms with E-state index >= 15 is 0 Å². The Bertz CT molecular complexity index is 1470. The Hall–Kier alpha value is -3.16. The minimum atomic E-state index is -1.63. The summed E-state index contributed by atoms with van der Waals surface area (Å²) in [6.45, 7) is 5.58. The van der Waals surface area contributed by atoms with Gasteiger partial charge in [0.25, 0.3) is 0 Å². The smallest absolute Gasteiger partial charge is 0.306 e. The van der Waals surface area contributed by atoms with Crippen LogP contribution in [-0.4, -0.2) is 99.6 Å². The number of esters is 1. The molecule has 0 radical (unpaired) electrons. The van der Waals surface area contributed by atoms with E-state index in [9.17, 15) is 35.1 Å². The molecule has 0 bridgehead atoms. The van der Waals surface area contributed by atoms with Crippen LogP contribution < -0.4 is 5.32 Å². The number of carbonyl (C=O) groups is 2. The summed E-state index contributed by atoms with van der Waals surface area (Å²) in [5.74, 6) is -1.24. The van der Waals surface area contributed by atoms with Crippen molar-refractivity contribution in [3.63, 3.8) is 0 Å². The molecule has 0 spiro atoms. The molecule has 0 aromatic rings. The van der Waals surface area contributed by atoms with Crippen LogP contribution in [0.15, 0.2) is 85.1 Å². The molecule has 1 heterocycles. The summed E-state index contributed by atoms with van der Waals surface area (Å²) in [4.78, 5) is 26.4. The van der Waals surface area contributed by atoms with Crippen molar-refractivity contribution in [1.29, 1.82) is 0 Å². The largest absolute Gasteiger partial charge is 0.454 e. The van der Waals surface area contributed by atoms with Crippen molar-refractivity contribution in [1.82, 2.24) is 5.32 Å². The molecule has 8 unspecified atom stereocenters. The second-order valence-corrected chi connectivity index (χ2v) is 19.4. The van der Waals surface area contributed by atoms with Crippen LogP contribution >= 0.6 is 0 Å². The number of aliphatic hydroxyl groups is 5. The first-order valence-corrected chi connectivity index (χ1v) is 28.4. The highest BCUT2D eigenvalue weighted by molar-refractivity contribution is 5.80. The topological polar surface area (TPSA) is 175 Å². The molecule has 1 amide bonds. The van der Waals surface area contributed by atoms with Gasteiger partial charge >= 0.3 is 5.97 Å². The normalized spacial score (nSPS) is 20.3. The standard InChI is InChI=1S/C60H103NO10/c1-4-7-10-13-16-19-22-25-27-30-33-36-39-42-45-48-55(65)71-58-57(67)56(66)54(49-62)70-60(58)69-50-51(52(63)46-43-40-37-34-31-28-24-21-18-15-12-9-6-3)61-59(68)53(64)47-44-41-38-35-32-29-26-23-20-17-14-11-8-5-2/h8,11,14,16-17,19-20,22-23,25-26,29,43,46,51-54,56-58,60,62-64,66-67H,4-7,9-10,12-13,15,18,21,24,27-28,30-42,44-45,47-50H2,1-3H3,(H,61,68)/b11-8+,17-14+,19-16+,23-20+,25-22+,29-26-,46-43+. The van der Waals surface area contributed by atoms with Crippen LogP contribution in [0.4, 0.5) is 0 Å². The molecule has 0 aliphatic carbocycles. The second kappa shape index (κ2) is 47.8. The van der Waals surface area contributed by atoms with E-state index < -0.39 is 67.4 Å². The predicted molar refractivity (Wildman–Crippen MR) is 292 cm³/mol. The maximum Gasteiger partial charge on any atom is 0.306 e. The van der Waals surface area contributed by atoms with E-state index in [0.717, 1.165) is 96.3 Å². The number of hydrogen-bond acceptors (Lipinski definition) is 10. The van der Waals surface area contributed by atoms with Gasteiger partial charge in [0.2, 0.25) is 5.91 Å². The molecule has 1 saturated heterocycles. The molecule has 11 nitrogen and oxygen atoms in total. The Kier molecular flexibility index (Phi) is 44.4. The van der Waals surface area contributed by atoms with E-state index in [0.29, 0.717) is 12.8 Å². The lowest BCUT2D eigenvalue weighted by atomic mass is 9.99. The summed E-state index contributed by atoms with van der Waals surface area (Å²) in [6.07, 6.45) is 50.5. The number of rotatable bonds is 46. The highest BCUT2D eigenvalue weighted by atomic mass is 16.7. The van der Waals surface area contributed by atoms with E-state index in [-0.39, 0.29) is 19.4 Å². The zero-order valence-corrected chi connectivity index (χ0v) is 44.8. The van der Waals surface area contributed by atoms with Crippen LogP contribution in [0.25, 0.3) is 0 Å². The summed E-state index contributed by atoms with van der Waals surface area (Å²) < 4.78 is 17.5. The van der Waals surface area contributed by atoms with Crippen LogP contribution in [0, 0.1) is 0 Å². The first-order chi connectivity index (χ1) is 34.7. The molecular formula is C60H103NO10. The first-order valence-electron chi connectivity index (χ1n) is 28.4. The molecule has 1 aliphatic rings. The molecule has 71 heavy (non-hydrogen) atoms. The van der Waals surface area contributed by atoms with Gasteiger partial charge in [0.15, 0.2) is 12.4 Å². The highest BCUT2D eigenvalue weighted by Gasteiger charge is 2.47. The highest BCUT2D eigenvalue weighted by Crippen LogP contribution is 2.26. The number of carbonyl (C=O) groups excluding carboxylic acids is 2. The zero-order chi connectivity index (χ0) is 51.8. The molecular weight excluding hydrogens is 895 g/mol. The lowest BCUT2D eigenvalue weighted by Crippen LogP contribution is -2.61. The molecule has 8 atom stereocenters. The summed E-state index contributed by atoms with van der Waals surface area (Å²) >= 11 is 0. The van der Waals surface area contributed by atoms with E-state index in [1.54, 1.807) is 6.08 Å². The van der Waals surface area contributed by atoms with Crippen LogP contribution in [-0.2, 0) is 23.8 Å². The third-order valence-electron chi connectivity index (χ3n) is 12.9. The Morgan fingerprint density at radius 1 is 0.563 bits per heavy atom. The summed E-state index contributed by atoms with van der Waals surface area (Å²) in [7, 11) is 0. The molecule has 0 aromatic carbocycles. The number of amides is 1. The van der Waals surface area contributed by atoms with Crippen molar-refractivity contribution < 1.29 is 49.3 Å². The van der Waals surface area contributed by atoms with Gasteiger partial charge in [-0.1, -0.05) is 228 Å². The third-order valence-corrected chi connectivity index (χ3v) is 12.9. The van der Waals surface area contributed by atoms with E-state index in [4.69, 9.17) is 14.2 Å². The van der Waals surface area contributed by atoms with Crippen LogP contribution in [0.1, 0.15) is 220 Å². The fourth-order valence-corrected chi connectivity index (χ4v) is 8.36. The van der Waals surface area contributed by atoms with Crippen LogP contribution in [0.5, 0.6) is 0 Å². The van der Waals surface area contributed by atoms with Gasteiger partial charge in [-0.15, -0.1) is 0 Å². The van der Waals surface area contributed by atoms with Gasteiger partial charge in [-0.05, 0) is 70.6 Å². The Morgan fingerprint density at radius 3 is 1.56 bits per heavy atom. The molecule has 11 heteroatoms. The summed E-state index contributed by atoms with van der Waals surface area (Å²) in [5.41, 5.74) is 0. The SMILES string of the molecule is CC/C=C/C=C/C=C/C=C\CCCCCCC(O)C(=O)NC(COC1OC(CO)C(O)C(O)C1OC(=O)CCCCCCCC/C=C/C=C/CCCCC)C(O)/C=C/CCCCCCCCCCCCC. The van der Waals surface area contributed by atoms with Gasteiger partial charge in [-0.3, -0.25) is 9.59 Å². The third kappa shape index (κ3) is 36.4. The fraction of sp³-hybridized carbons (Fsp3) is 0.733. The van der Waals surface area contributed by atoms with E-state index in [2.05, 4.69) is 62.5 Å². The maximum atomic E-state index is 13.4. The van der Waals surface area contributed by atoms with Crippen LogP contribution in [0.2, 0.25) is 0 Å². The average Bonchev–Trinajstić information content (AvgIpc) is 3.37. The predicted octanol–water partition coefficient (Wildman–Crippen LogP) is 12.6. The average molecular weight is 998 g/mol. The second-order valence-electron chi connectivity index (χ2n) is 19.4. The van der Waals surface area contributed by atoms with Gasteiger partial charge in [-0.2, -0.15) is 0 Å². The zero-order valence-electron chi connectivity index (χ0n) is 44.8. The number of hydrogen-bond donors (Lipinski definition) is 6. The molecule has 1 aliphatic heterocycles. The Morgan fingerprint density at radius 2 is 1.01 bits per heavy atom. The van der Waals surface area contributed by atoms with E-state index in [1.165, 1.54) is 77.0 Å². The molecule has 6 N–H and O–H groups in total. The van der Waals surface area contributed by atoms with Gasteiger partial charge in [0.1, 0.15) is 24.4 Å².